The Bertz CT molecular complexity index is 206. The van der Waals surface area contributed by atoms with Gasteiger partial charge < -0.3 is 20.9 Å². The number of aliphatic hydroxyl groups excluding tert-OH is 1. The lowest BCUT2D eigenvalue weighted by Crippen LogP contribution is -2.39. The van der Waals surface area contributed by atoms with Gasteiger partial charge in [-0.05, 0) is 6.92 Å². The van der Waals surface area contributed by atoms with Gasteiger partial charge in [0.15, 0.2) is 0 Å². The molecule has 0 spiro atoms. The summed E-state index contributed by atoms with van der Waals surface area (Å²) in [5, 5.41) is 16.6. The van der Waals surface area contributed by atoms with Crippen LogP contribution in [0.25, 0.3) is 0 Å². The number of hydrogen-bond donors (Lipinski definition) is 4. The van der Waals surface area contributed by atoms with Gasteiger partial charge in [-0.2, -0.15) is 0 Å². The van der Waals surface area contributed by atoms with Gasteiger partial charge in [0.25, 0.3) is 0 Å². The number of aromatic amines is 1. The molecule has 0 saturated carbocycles. The van der Waals surface area contributed by atoms with Crippen LogP contribution in [0, 0.1) is 0 Å². The minimum Gasteiger partial charge on any atom is -0.480 e. The molecule has 0 radical (unpaired) electrons. The smallest absolute Gasteiger partial charge is 0.323 e. The van der Waals surface area contributed by atoms with Crippen LogP contribution in [0.5, 0.6) is 0 Å². The second-order valence-electron chi connectivity index (χ2n) is 2.37. The third-order valence-corrected chi connectivity index (χ3v) is 1.21. The van der Waals surface area contributed by atoms with Crippen LogP contribution in [0.1, 0.15) is 6.92 Å². The van der Waals surface area contributed by atoms with Crippen molar-refractivity contribution in [2.45, 2.75) is 19.1 Å². The predicted octanol–water partition coefficient (Wildman–Crippen LogP) is -0.811. The summed E-state index contributed by atoms with van der Waals surface area (Å²) in [6.45, 7) is 1.33. The van der Waals surface area contributed by atoms with Gasteiger partial charge in [0.1, 0.15) is 6.04 Å². The number of hydrogen-bond acceptors (Lipinski definition) is 4. The van der Waals surface area contributed by atoms with Gasteiger partial charge in [-0.1, -0.05) is 0 Å². The van der Waals surface area contributed by atoms with Gasteiger partial charge in [0, 0.05) is 12.4 Å². The van der Waals surface area contributed by atoms with Crippen molar-refractivity contribution in [3.05, 3.63) is 18.7 Å². The van der Waals surface area contributed by atoms with Gasteiger partial charge in [-0.3, -0.25) is 4.79 Å². The molecule has 1 rings (SSSR count). The molecule has 2 atom stereocenters. The molecule has 5 N–H and O–H groups in total. The van der Waals surface area contributed by atoms with E-state index in [-0.39, 0.29) is 0 Å². The molecule has 0 aliphatic rings. The molecule has 0 bridgehead atoms. The number of imidazole rings is 1. The Morgan fingerprint density at radius 1 is 1.69 bits per heavy atom. The Morgan fingerprint density at radius 2 is 2.31 bits per heavy atom. The SMILES string of the molecule is CC(O)C(N)C(=O)O.c1c[nH]cn1. The molecule has 6 nitrogen and oxygen atoms in total. The van der Waals surface area contributed by atoms with E-state index >= 15 is 0 Å². The van der Waals surface area contributed by atoms with Gasteiger partial charge in [-0.15, -0.1) is 0 Å². The van der Waals surface area contributed by atoms with Crippen LogP contribution in [0.3, 0.4) is 0 Å². The monoisotopic (exact) mass is 187 g/mol. The lowest BCUT2D eigenvalue weighted by atomic mass is 10.2. The van der Waals surface area contributed by atoms with E-state index in [1.165, 1.54) is 6.92 Å². The van der Waals surface area contributed by atoms with Crippen molar-refractivity contribution in [2.75, 3.05) is 0 Å². The number of rotatable bonds is 2. The van der Waals surface area contributed by atoms with Crippen molar-refractivity contribution >= 4 is 5.97 Å². The molecule has 13 heavy (non-hydrogen) atoms. The molecule has 0 saturated heterocycles. The van der Waals surface area contributed by atoms with Crippen molar-refractivity contribution in [1.29, 1.82) is 0 Å². The fourth-order valence-corrected chi connectivity index (χ4v) is 0.422. The van der Waals surface area contributed by atoms with Crippen molar-refractivity contribution in [1.82, 2.24) is 9.97 Å². The lowest BCUT2D eigenvalue weighted by Gasteiger charge is -2.06. The van der Waals surface area contributed by atoms with Gasteiger partial charge in [0.05, 0.1) is 12.4 Å². The Labute approximate surface area is 75.4 Å². The molecule has 1 heterocycles. The van der Waals surface area contributed by atoms with E-state index < -0.39 is 18.1 Å². The van der Waals surface area contributed by atoms with E-state index in [1.54, 1.807) is 18.7 Å². The summed E-state index contributed by atoms with van der Waals surface area (Å²) in [5.74, 6) is -1.18. The zero-order valence-corrected chi connectivity index (χ0v) is 7.21. The van der Waals surface area contributed by atoms with Crippen molar-refractivity contribution in [2.24, 2.45) is 5.73 Å². The normalized spacial score (nSPS) is 13.8. The average Bonchev–Trinajstić information content (AvgIpc) is 2.59. The third-order valence-electron chi connectivity index (χ3n) is 1.21. The molecule has 0 aliphatic carbocycles. The molecular weight excluding hydrogens is 174 g/mol. The maximum Gasteiger partial charge on any atom is 0.323 e. The first-order valence-electron chi connectivity index (χ1n) is 3.65. The summed E-state index contributed by atoms with van der Waals surface area (Å²) in [5.41, 5.74) is 4.91. The van der Waals surface area contributed by atoms with Crippen LogP contribution in [0.2, 0.25) is 0 Å². The van der Waals surface area contributed by atoms with Crippen molar-refractivity contribution < 1.29 is 15.0 Å². The first-order chi connectivity index (χ1) is 6.05. The van der Waals surface area contributed by atoms with Crippen LogP contribution in [-0.4, -0.2) is 38.3 Å². The largest absolute Gasteiger partial charge is 0.480 e. The topological polar surface area (TPSA) is 112 Å². The number of nitrogens with zero attached hydrogens (tertiary/aromatic N) is 1. The fraction of sp³-hybridized carbons (Fsp3) is 0.429. The van der Waals surface area contributed by atoms with E-state index in [1.807, 2.05) is 0 Å². The van der Waals surface area contributed by atoms with E-state index in [0.717, 1.165) is 0 Å². The van der Waals surface area contributed by atoms with Crippen molar-refractivity contribution in [3.8, 4) is 0 Å². The fourth-order valence-electron chi connectivity index (χ4n) is 0.422. The number of carbonyl (C=O) groups is 1. The molecule has 0 aliphatic heterocycles. The lowest BCUT2D eigenvalue weighted by molar-refractivity contribution is -0.140. The molecule has 74 valence electrons. The summed E-state index contributed by atoms with van der Waals surface area (Å²) in [7, 11) is 0. The minimum atomic E-state index is -1.18. The van der Waals surface area contributed by atoms with E-state index in [2.05, 4.69) is 9.97 Å². The number of aliphatic hydroxyl groups is 1. The van der Waals surface area contributed by atoms with Crippen LogP contribution in [0.4, 0.5) is 0 Å². The second-order valence-corrected chi connectivity index (χ2v) is 2.37. The van der Waals surface area contributed by atoms with Gasteiger partial charge >= 0.3 is 5.97 Å². The number of nitrogens with two attached hydrogens (primary N) is 1. The minimum absolute atomic E-state index is 0.979. The zero-order valence-electron chi connectivity index (χ0n) is 7.21. The zero-order chi connectivity index (χ0) is 10.3. The van der Waals surface area contributed by atoms with Crippen LogP contribution < -0.4 is 5.73 Å². The van der Waals surface area contributed by atoms with Gasteiger partial charge in [0.2, 0.25) is 0 Å². The molecule has 0 aromatic carbocycles. The number of aromatic nitrogens is 2. The molecule has 1 aromatic heterocycles. The van der Waals surface area contributed by atoms with Crippen LogP contribution >= 0.6 is 0 Å². The highest BCUT2D eigenvalue weighted by atomic mass is 16.4. The van der Waals surface area contributed by atoms with Crippen LogP contribution in [0.15, 0.2) is 18.7 Å². The predicted molar refractivity (Wildman–Crippen MR) is 45.9 cm³/mol. The maximum absolute atomic E-state index is 9.86. The number of carboxylic acids is 1. The Morgan fingerprint density at radius 3 is 2.38 bits per heavy atom. The quantitative estimate of drug-likeness (QED) is 0.483. The molecule has 1 aromatic rings. The first kappa shape index (κ1) is 11.6. The third kappa shape index (κ3) is 5.83. The number of nitrogens with one attached hydrogen (secondary N) is 1. The Balaban J connectivity index is 0.000000243. The van der Waals surface area contributed by atoms with E-state index in [0.29, 0.717) is 0 Å². The van der Waals surface area contributed by atoms with Crippen LogP contribution in [-0.2, 0) is 4.79 Å². The molecule has 2 unspecified atom stereocenters. The molecular formula is C7H13N3O3. The maximum atomic E-state index is 9.86. The Hall–Kier alpha value is -1.40. The standard InChI is InChI=1S/C4H9NO3.C3H4N2/c1-2(6)3(5)4(7)8;1-2-5-3-4-1/h2-3,6H,5H2,1H3,(H,7,8);1-3H,(H,4,5). The summed E-state index contributed by atoms with van der Waals surface area (Å²) in [4.78, 5) is 16.3. The number of carboxylic acid groups (broad SMARTS) is 1. The number of H-pyrrole nitrogens is 1. The number of aliphatic carboxylic acids is 1. The first-order valence-corrected chi connectivity index (χ1v) is 3.65. The highest BCUT2D eigenvalue weighted by Crippen LogP contribution is 1.85. The second kappa shape index (κ2) is 6.15. The Kier molecular flexibility index (Phi) is 5.49. The molecule has 0 fully saturated rings. The summed E-state index contributed by atoms with van der Waals surface area (Å²) in [6.07, 6.45) is 4.10. The molecule has 6 heteroatoms. The molecule has 0 amide bonds. The van der Waals surface area contributed by atoms with Crippen molar-refractivity contribution in [3.63, 3.8) is 0 Å². The van der Waals surface area contributed by atoms with E-state index in [9.17, 15) is 4.79 Å². The summed E-state index contributed by atoms with van der Waals surface area (Å²) < 4.78 is 0. The highest BCUT2D eigenvalue weighted by Gasteiger charge is 2.16. The summed E-state index contributed by atoms with van der Waals surface area (Å²) >= 11 is 0. The highest BCUT2D eigenvalue weighted by molar-refractivity contribution is 5.73. The van der Waals surface area contributed by atoms with E-state index in [4.69, 9.17) is 15.9 Å². The average molecular weight is 187 g/mol. The summed E-state index contributed by atoms with van der Waals surface area (Å²) in [6, 6.07) is -1.16. The van der Waals surface area contributed by atoms with Gasteiger partial charge in [-0.25, -0.2) is 4.98 Å².